The van der Waals surface area contributed by atoms with E-state index in [1.807, 2.05) is 24.9 Å². The van der Waals surface area contributed by atoms with Crippen LogP contribution in [-0.2, 0) is 13.6 Å². The average Bonchev–Trinajstić information content (AvgIpc) is 3.14. The fraction of sp³-hybridized carbons (Fsp3) is 0.500. The van der Waals surface area contributed by atoms with Crippen molar-refractivity contribution >= 4 is 16.3 Å². The van der Waals surface area contributed by atoms with E-state index in [1.165, 1.54) is 21.4 Å². The smallest absolute Gasteiger partial charge is 0.275 e. The molecule has 1 saturated heterocycles. The lowest BCUT2D eigenvalue weighted by atomic mass is 9.91. The molecule has 7 nitrogen and oxygen atoms in total. The zero-order valence-electron chi connectivity index (χ0n) is 13.8. The first-order valence-electron chi connectivity index (χ1n) is 8.16. The van der Waals surface area contributed by atoms with Crippen LogP contribution < -0.4 is 5.56 Å². The summed E-state index contributed by atoms with van der Waals surface area (Å²) in [6, 6.07) is 1.61. The van der Waals surface area contributed by atoms with E-state index in [9.17, 15) is 4.79 Å². The van der Waals surface area contributed by atoms with E-state index < -0.39 is 0 Å². The number of rotatable bonds is 3. The molecule has 0 saturated carbocycles. The fourth-order valence-electron chi connectivity index (χ4n) is 3.34. The quantitative estimate of drug-likeness (QED) is 0.721. The Bertz CT molecular complexity index is 918. The molecule has 24 heavy (non-hydrogen) atoms. The molecule has 1 aliphatic heterocycles. The lowest BCUT2D eigenvalue weighted by Crippen LogP contribution is -2.33. The third-order valence-corrected chi connectivity index (χ3v) is 5.39. The molecule has 4 rings (SSSR count). The molecule has 0 N–H and O–H groups in total. The number of aryl methyl sites for hydroxylation is 2. The molecule has 4 heterocycles. The molecule has 0 aliphatic carbocycles. The van der Waals surface area contributed by atoms with Crippen LogP contribution in [0.2, 0.25) is 0 Å². The van der Waals surface area contributed by atoms with Gasteiger partial charge < -0.3 is 0 Å². The summed E-state index contributed by atoms with van der Waals surface area (Å²) in [5.74, 6) is 0.583. The van der Waals surface area contributed by atoms with Crippen molar-refractivity contribution in [2.24, 2.45) is 7.05 Å². The van der Waals surface area contributed by atoms with E-state index in [0.717, 1.165) is 43.2 Å². The largest absolute Gasteiger partial charge is 0.297 e. The van der Waals surface area contributed by atoms with Gasteiger partial charge in [0.1, 0.15) is 5.01 Å². The Hall–Kier alpha value is -2.06. The molecule has 0 atom stereocenters. The van der Waals surface area contributed by atoms with Gasteiger partial charge in [0.05, 0.1) is 11.9 Å². The highest BCUT2D eigenvalue weighted by Crippen LogP contribution is 2.28. The van der Waals surface area contributed by atoms with Gasteiger partial charge in [0.2, 0.25) is 4.96 Å². The van der Waals surface area contributed by atoms with Crippen LogP contribution in [0.1, 0.15) is 35.0 Å². The second kappa shape index (κ2) is 6.10. The van der Waals surface area contributed by atoms with E-state index in [4.69, 9.17) is 0 Å². The van der Waals surface area contributed by atoms with Crippen LogP contribution in [0, 0.1) is 6.92 Å². The highest BCUT2D eigenvalue weighted by atomic mass is 32.1. The van der Waals surface area contributed by atoms with E-state index in [2.05, 4.69) is 26.3 Å². The third kappa shape index (κ3) is 2.99. The number of aromatic nitrogens is 5. The van der Waals surface area contributed by atoms with Crippen molar-refractivity contribution in [3.8, 4) is 0 Å². The van der Waals surface area contributed by atoms with Crippen LogP contribution in [-0.4, -0.2) is 42.4 Å². The van der Waals surface area contributed by atoms with Gasteiger partial charge in [0, 0.05) is 25.9 Å². The van der Waals surface area contributed by atoms with Gasteiger partial charge >= 0.3 is 0 Å². The lowest BCUT2D eigenvalue weighted by molar-refractivity contribution is 0.202. The number of hydrogen-bond acceptors (Lipinski definition) is 6. The van der Waals surface area contributed by atoms with Crippen molar-refractivity contribution in [1.29, 1.82) is 0 Å². The molecule has 0 amide bonds. The van der Waals surface area contributed by atoms with Gasteiger partial charge in [0.15, 0.2) is 0 Å². The zero-order chi connectivity index (χ0) is 16.7. The van der Waals surface area contributed by atoms with Crippen molar-refractivity contribution in [2.45, 2.75) is 32.2 Å². The first-order chi connectivity index (χ1) is 11.6. The molecule has 3 aromatic heterocycles. The maximum atomic E-state index is 12.1. The van der Waals surface area contributed by atoms with Crippen LogP contribution in [0.15, 0.2) is 23.3 Å². The Labute approximate surface area is 143 Å². The van der Waals surface area contributed by atoms with Gasteiger partial charge in [-0.05, 0) is 44.3 Å². The minimum absolute atomic E-state index is 0.0930. The Morgan fingerprint density at radius 1 is 1.33 bits per heavy atom. The van der Waals surface area contributed by atoms with Gasteiger partial charge in [-0.15, -0.1) is 0 Å². The average molecular weight is 344 g/mol. The summed E-state index contributed by atoms with van der Waals surface area (Å²) in [6.45, 7) is 4.65. The maximum absolute atomic E-state index is 12.1. The summed E-state index contributed by atoms with van der Waals surface area (Å²) in [7, 11) is 1.96. The van der Waals surface area contributed by atoms with E-state index in [-0.39, 0.29) is 5.56 Å². The van der Waals surface area contributed by atoms with E-state index in [0.29, 0.717) is 10.9 Å². The first kappa shape index (κ1) is 15.5. The highest BCUT2D eigenvalue weighted by molar-refractivity contribution is 7.16. The van der Waals surface area contributed by atoms with Crippen LogP contribution in [0.25, 0.3) is 4.96 Å². The SMILES string of the molecule is Cc1nn2c(=O)cc(CN3CCC(c4cnn(C)c4)CC3)nc2s1. The normalized spacial score (nSPS) is 16.9. The summed E-state index contributed by atoms with van der Waals surface area (Å²) in [5.41, 5.74) is 2.07. The van der Waals surface area contributed by atoms with Gasteiger partial charge in [-0.25, -0.2) is 4.98 Å². The molecule has 0 spiro atoms. The van der Waals surface area contributed by atoms with Crippen molar-refractivity contribution in [2.75, 3.05) is 13.1 Å². The van der Waals surface area contributed by atoms with Crippen LogP contribution in [0.5, 0.6) is 0 Å². The third-order valence-electron chi connectivity index (χ3n) is 4.57. The number of piperidine rings is 1. The van der Waals surface area contributed by atoms with Crippen LogP contribution in [0.4, 0.5) is 0 Å². The molecule has 1 fully saturated rings. The minimum atomic E-state index is -0.0930. The number of likely N-dealkylation sites (tertiary alicyclic amines) is 1. The summed E-state index contributed by atoms with van der Waals surface area (Å²) < 4.78 is 3.25. The number of hydrogen-bond donors (Lipinski definition) is 0. The van der Waals surface area contributed by atoms with Crippen molar-refractivity contribution in [1.82, 2.24) is 29.3 Å². The molecular weight excluding hydrogens is 324 g/mol. The molecule has 0 radical (unpaired) electrons. The monoisotopic (exact) mass is 344 g/mol. The number of fused-ring (bicyclic) bond motifs is 1. The standard InChI is InChI=1S/C16H20N6OS/c1-11-19-22-15(23)7-14(18-16(22)24-11)10-21-5-3-12(4-6-21)13-8-17-20(2)9-13/h7-9,12H,3-6,10H2,1-2H3. The molecule has 8 heteroatoms. The summed E-state index contributed by atoms with van der Waals surface area (Å²) in [5, 5.41) is 9.31. The topological polar surface area (TPSA) is 68.3 Å². The molecular formula is C16H20N6OS. The van der Waals surface area contributed by atoms with Crippen molar-refractivity contribution < 1.29 is 0 Å². The molecule has 0 aromatic carbocycles. The second-order valence-corrected chi connectivity index (χ2v) is 7.56. The Balaban J connectivity index is 1.44. The molecule has 0 unspecified atom stereocenters. The van der Waals surface area contributed by atoms with E-state index >= 15 is 0 Å². The lowest BCUT2D eigenvalue weighted by Gasteiger charge is -2.31. The number of nitrogens with zero attached hydrogens (tertiary/aromatic N) is 6. The Kier molecular flexibility index (Phi) is 3.93. The predicted octanol–water partition coefficient (Wildman–Crippen LogP) is 1.57. The van der Waals surface area contributed by atoms with Gasteiger partial charge in [0.25, 0.3) is 5.56 Å². The summed E-state index contributed by atoms with van der Waals surface area (Å²) >= 11 is 1.46. The van der Waals surface area contributed by atoms with Gasteiger partial charge in [-0.3, -0.25) is 14.4 Å². The predicted molar refractivity (Wildman–Crippen MR) is 92.3 cm³/mol. The highest BCUT2D eigenvalue weighted by Gasteiger charge is 2.22. The van der Waals surface area contributed by atoms with Gasteiger partial charge in [-0.2, -0.15) is 14.7 Å². The van der Waals surface area contributed by atoms with Crippen molar-refractivity contribution in [3.05, 3.63) is 45.1 Å². The summed E-state index contributed by atoms with van der Waals surface area (Å²) in [4.78, 5) is 19.8. The van der Waals surface area contributed by atoms with E-state index in [1.54, 1.807) is 6.07 Å². The van der Waals surface area contributed by atoms with Crippen molar-refractivity contribution in [3.63, 3.8) is 0 Å². The molecule has 1 aliphatic rings. The molecule has 0 bridgehead atoms. The first-order valence-corrected chi connectivity index (χ1v) is 8.97. The Morgan fingerprint density at radius 3 is 2.83 bits per heavy atom. The maximum Gasteiger partial charge on any atom is 0.275 e. The molecule has 126 valence electrons. The minimum Gasteiger partial charge on any atom is -0.297 e. The van der Waals surface area contributed by atoms with Gasteiger partial charge in [-0.1, -0.05) is 11.3 Å². The zero-order valence-corrected chi connectivity index (χ0v) is 14.7. The second-order valence-electron chi connectivity index (χ2n) is 6.40. The van der Waals surface area contributed by atoms with Crippen LogP contribution in [0.3, 0.4) is 0 Å². The molecule has 3 aromatic rings. The Morgan fingerprint density at radius 2 is 2.12 bits per heavy atom. The summed E-state index contributed by atoms with van der Waals surface area (Å²) in [6.07, 6.45) is 6.32. The van der Waals surface area contributed by atoms with Crippen LogP contribution >= 0.6 is 11.3 Å². The fourth-order valence-corrected chi connectivity index (χ4v) is 4.10.